The Morgan fingerprint density at radius 3 is 2.44 bits per heavy atom. The first-order valence-electron chi connectivity index (χ1n) is 8.50. The summed E-state index contributed by atoms with van der Waals surface area (Å²) in [6.45, 7) is 0. The van der Waals surface area contributed by atoms with Gasteiger partial charge in [0.1, 0.15) is 33.6 Å². The normalized spacial score (nSPS) is 11.9. The highest BCUT2D eigenvalue weighted by molar-refractivity contribution is 7.90. The van der Waals surface area contributed by atoms with Crippen molar-refractivity contribution in [2.45, 2.75) is 16.8 Å². The van der Waals surface area contributed by atoms with Crippen LogP contribution in [0, 0.1) is 11.6 Å². The lowest BCUT2D eigenvalue weighted by molar-refractivity contribution is -0.137. The van der Waals surface area contributed by atoms with Gasteiger partial charge in [-0.3, -0.25) is 4.79 Å². The minimum absolute atomic E-state index is 0.0517. The van der Waals surface area contributed by atoms with Gasteiger partial charge in [-0.05, 0) is 35.8 Å². The first-order chi connectivity index (χ1) is 14.9. The summed E-state index contributed by atoms with van der Waals surface area (Å²) in [6, 6.07) is 2.69. The second-order valence-corrected chi connectivity index (χ2v) is 9.05. The van der Waals surface area contributed by atoms with Crippen molar-refractivity contribution in [2.75, 3.05) is 7.05 Å². The Labute approximate surface area is 182 Å². The molecule has 0 bridgehead atoms. The van der Waals surface area contributed by atoms with Crippen molar-refractivity contribution in [1.82, 2.24) is 14.7 Å². The van der Waals surface area contributed by atoms with Crippen molar-refractivity contribution >= 4 is 27.3 Å². The Hall–Kier alpha value is -3.13. The zero-order valence-electron chi connectivity index (χ0n) is 15.9. The van der Waals surface area contributed by atoms with E-state index in [9.17, 15) is 35.2 Å². The van der Waals surface area contributed by atoms with E-state index in [2.05, 4.69) is 14.7 Å². The molecule has 0 radical (unpaired) electrons. The van der Waals surface area contributed by atoms with Crippen molar-refractivity contribution in [3.05, 3.63) is 64.4 Å². The minimum Gasteiger partial charge on any atom is -0.454 e. The molecule has 3 rings (SSSR count). The average Bonchev–Trinajstić information content (AvgIpc) is 3.21. The first-order valence-corrected chi connectivity index (χ1v) is 10.9. The number of amides is 1. The predicted molar refractivity (Wildman–Crippen MR) is 102 cm³/mol. The highest BCUT2D eigenvalue weighted by Crippen LogP contribution is 2.35. The van der Waals surface area contributed by atoms with Gasteiger partial charge in [-0.1, -0.05) is 0 Å². The van der Waals surface area contributed by atoms with Crippen molar-refractivity contribution in [3.63, 3.8) is 0 Å². The van der Waals surface area contributed by atoms with E-state index in [1.807, 2.05) is 0 Å². The number of nitrogens with one attached hydrogen (secondary N) is 1. The topological polar surface area (TPSA) is 98.2 Å². The maximum Gasteiger partial charge on any atom is 0.416 e. The summed E-state index contributed by atoms with van der Waals surface area (Å²) < 4.78 is 102. The van der Waals surface area contributed by atoms with Crippen LogP contribution < -0.4 is 10.1 Å². The summed E-state index contributed by atoms with van der Waals surface area (Å²) in [7, 11) is -3.14. The number of rotatable bonds is 6. The summed E-state index contributed by atoms with van der Waals surface area (Å²) in [5, 5.41) is 2.19. The van der Waals surface area contributed by atoms with E-state index in [4.69, 9.17) is 4.74 Å². The molecule has 14 heteroatoms. The number of halogens is 5. The molecular formula is C18H12F5N3O4S2. The van der Waals surface area contributed by atoms with Crippen LogP contribution >= 0.6 is 11.5 Å². The van der Waals surface area contributed by atoms with Gasteiger partial charge in [0.05, 0.1) is 5.56 Å². The molecule has 2 aromatic carbocycles. The van der Waals surface area contributed by atoms with E-state index in [1.54, 1.807) is 0 Å². The van der Waals surface area contributed by atoms with Crippen LogP contribution in [0.5, 0.6) is 11.5 Å². The number of hydrogen-bond acceptors (Lipinski definition) is 7. The van der Waals surface area contributed by atoms with E-state index < -0.39 is 66.8 Å². The summed E-state index contributed by atoms with van der Waals surface area (Å²) in [5.74, 6) is -5.81. The third-order valence-corrected chi connectivity index (χ3v) is 6.47. The summed E-state index contributed by atoms with van der Waals surface area (Å²) in [4.78, 5) is 14.5. The van der Waals surface area contributed by atoms with Crippen LogP contribution in [0.3, 0.4) is 0 Å². The van der Waals surface area contributed by atoms with Gasteiger partial charge >= 0.3 is 6.18 Å². The van der Waals surface area contributed by atoms with Gasteiger partial charge in [0.25, 0.3) is 5.91 Å². The maximum absolute atomic E-state index is 14.5. The van der Waals surface area contributed by atoms with Gasteiger partial charge in [0.2, 0.25) is 0 Å². The number of carbonyl (C=O) groups is 1. The smallest absolute Gasteiger partial charge is 0.416 e. The van der Waals surface area contributed by atoms with Crippen LogP contribution in [0.4, 0.5) is 22.0 Å². The van der Waals surface area contributed by atoms with Crippen LogP contribution in [0.2, 0.25) is 0 Å². The van der Waals surface area contributed by atoms with E-state index in [0.717, 1.165) is 23.9 Å². The predicted octanol–water partition coefficient (Wildman–Crippen LogP) is 3.96. The molecule has 0 aliphatic carbocycles. The molecule has 0 saturated heterocycles. The number of nitrogens with zero attached hydrogens (tertiary/aromatic N) is 2. The average molecular weight is 493 g/mol. The van der Waals surface area contributed by atoms with Crippen molar-refractivity contribution in [3.8, 4) is 11.5 Å². The van der Waals surface area contributed by atoms with Gasteiger partial charge in [-0.2, -0.15) is 17.5 Å². The molecule has 32 heavy (non-hydrogen) atoms. The van der Waals surface area contributed by atoms with Gasteiger partial charge in [0, 0.05) is 18.7 Å². The van der Waals surface area contributed by atoms with Crippen LogP contribution in [-0.2, 0) is 21.8 Å². The molecule has 0 atom stereocenters. The number of carbonyl (C=O) groups excluding carboxylic acids is 1. The molecule has 1 N–H and O–H groups in total. The molecule has 0 saturated carbocycles. The first kappa shape index (κ1) is 23.5. The van der Waals surface area contributed by atoms with Gasteiger partial charge in [0.15, 0.2) is 21.4 Å². The molecule has 0 unspecified atom stereocenters. The van der Waals surface area contributed by atoms with Gasteiger partial charge in [-0.15, -0.1) is 0 Å². The molecule has 0 spiro atoms. The van der Waals surface area contributed by atoms with Crippen molar-refractivity contribution in [2.24, 2.45) is 0 Å². The summed E-state index contributed by atoms with van der Waals surface area (Å²) >= 11 is 0.762. The molecule has 1 aromatic heterocycles. The minimum atomic E-state index is -4.85. The van der Waals surface area contributed by atoms with E-state index in [0.29, 0.717) is 24.3 Å². The third kappa shape index (κ3) is 5.19. The zero-order valence-corrected chi connectivity index (χ0v) is 17.5. The van der Waals surface area contributed by atoms with Gasteiger partial charge < -0.3 is 10.1 Å². The molecule has 3 aromatic rings. The summed E-state index contributed by atoms with van der Waals surface area (Å²) in [5.41, 5.74) is -1.69. The quantitative estimate of drug-likeness (QED) is 0.522. The number of hydrogen-bond donors (Lipinski definition) is 1. The molecule has 0 aliphatic rings. The Bertz CT molecular complexity index is 1260. The van der Waals surface area contributed by atoms with Crippen LogP contribution in [0.15, 0.2) is 41.6 Å². The number of ether oxygens (including phenoxy) is 1. The number of sulfone groups is 1. The van der Waals surface area contributed by atoms with Crippen molar-refractivity contribution < 1.29 is 39.9 Å². The largest absolute Gasteiger partial charge is 0.454 e. The number of alkyl halides is 3. The Balaban J connectivity index is 1.98. The fourth-order valence-corrected chi connectivity index (χ4v) is 4.73. The highest BCUT2D eigenvalue weighted by atomic mass is 32.2. The molecule has 1 heterocycles. The maximum atomic E-state index is 14.5. The molecular weight excluding hydrogens is 481 g/mol. The second-order valence-electron chi connectivity index (χ2n) is 6.23. The molecule has 7 nitrogen and oxygen atoms in total. The van der Waals surface area contributed by atoms with E-state index in [-0.39, 0.29) is 5.01 Å². The number of benzene rings is 2. The lowest BCUT2D eigenvalue weighted by Gasteiger charge is -2.14. The fraction of sp³-hybridized carbons (Fsp3) is 0.167. The van der Waals surface area contributed by atoms with Crippen molar-refractivity contribution in [1.29, 1.82) is 0 Å². The zero-order chi connectivity index (χ0) is 23.7. The lowest BCUT2D eigenvalue weighted by atomic mass is 10.1. The van der Waals surface area contributed by atoms with Crippen LogP contribution in [0.25, 0.3) is 0 Å². The highest BCUT2D eigenvalue weighted by Gasteiger charge is 2.32. The molecule has 0 fully saturated rings. The number of aromatic nitrogens is 2. The van der Waals surface area contributed by atoms with Gasteiger partial charge in [-0.25, -0.2) is 22.2 Å². The van der Waals surface area contributed by atoms with E-state index >= 15 is 0 Å². The molecule has 1 amide bonds. The third-order valence-electron chi connectivity index (χ3n) is 3.99. The molecule has 170 valence electrons. The van der Waals surface area contributed by atoms with E-state index in [1.165, 1.54) is 7.05 Å². The standard InChI is InChI=1S/C18H12F5N3O4S2/c1-24-17(27)9-2-10(18(21,22)23)4-11(3-9)30-14-5-13(20)15(6-12(14)19)32(28,29)7-16-25-8-26-31-16/h2-6,8H,7H2,1H3,(H,24,27). The van der Waals surface area contributed by atoms with Crippen LogP contribution in [0.1, 0.15) is 20.9 Å². The Kier molecular flexibility index (Phi) is 6.46. The van der Waals surface area contributed by atoms with Crippen LogP contribution in [-0.4, -0.2) is 30.7 Å². The second kappa shape index (κ2) is 8.78. The fourth-order valence-electron chi connectivity index (χ4n) is 2.55. The SMILES string of the molecule is CNC(=O)c1cc(Oc2cc(F)c(S(=O)(=O)Cc3ncns3)cc2F)cc(C(F)(F)F)c1. The molecule has 0 aliphatic heterocycles. The monoisotopic (exact) mass is 493 g/mol. The Morgan fingerprint density at radius 1 is 1.12 bits per heavy atom. The Morgan fingerprint density at radius 2 is 1.84 bits per heavy atom. The summed E-state index contributed by atoms with van der Waals surface area (Å²) in [6.07, 6.45) is -3.75. The lowest BCUT2D eigenvalue weighted by Crippen LogP contribution is -2.19.